The summed E-state index contributed by atoms with van der Waals surface area (Å²) in [6.45, 7) is 5.89. The lowest BCUT2D eigenvalue weighted by Gasteiger charge is -2.14. The van der Waals surface area contributed by atoms with Crippen LogP contribution in [-0.4, -0.2) is 23.1 Å². The maximum absolute atomic E-state index is 12.0. The number of fused-ring (bicyclic) bond motifs is 1. The Bertz CT molecular complexity index is 1430. The third-order valence-electron chi connectivity index (χ3n) is 5.55. The molecule has 1 heterocycles. The van der Waals surface area contributed by atoms with Crippen LogP contribution in [0.25, 0.3) is 26.6 Å². The zero-order valence-electron chi connectivity index (χ0n) is 20.2. The number of thiophene rings is 1. The number of carbonyl (C=O) groups is 2. The summed E-state index contributed by atoms with van der Waals surface area (Å²) in [4.78, 5) is 23.8. The molecule has 0 aliphatic heterocycles. The Hall–Kier alpha value is -3.94. The second-order valence-electron chi connectivity index (χ2n) is 8.71. The number of carboxylic acid groups (broad SMARTS) is 1. The molecule has 7 heteroatoms. The molecular formula is C29H27NO5S. The van der Waals surface area contributed by atoms with Crippen LogP contribution in [0.2, 0.25) is 0 Å². The minimum Gasteiger partial charge on any atom is -0.478 e. The first-order chi connectivity index (χ1) is 17.2. The number of benzene rings is 3. The van der Waals surface area contributed by atoms with Crippen molar-refractivity contribution in [1.29, 1.82) is 0 Å². The third kappa shape index (κ3) is 5.64. The van der Waals surface area contributed by atoms with Gasteiger partial charge < -0.3 is 20.3 Å². The van der Waals surface area contributed by atoms with Gasteiger partial charge in [0.2, 0.25) is 0 Å². The molecule has 0 aliphatic rings. The molecule has 6 nitrogen and oxygen atoms in total. The zero-order chi connectivity index (χ0) is 25.8. The van der Waals surface area contributed by atoms with Crippen molar-refractivity contribution >= 4 is 39.4 Å². The van der Waals surface area contributed by atoms with Crippen LogP contribution in [0, 0.1) is 0 Å². The van der Waals surface area contributed by atoms with Gasteiger partial charge in [-0.15, -0.1) is 11.3 Å². The van der Waals surface area contributed by atoms with E-state index in [4.69, 9.17) is 20.3 Å². The fraction of sp³-hybridized carbons (Fsp3) is 0.172. The number of rotatable bonds is 8. The van der Waals surface area contributed by atoms with E-state index in [0.717, 1.165) is 32.2 Å². The van der Waals surface area contributed by atoms with Crippen LogP contribution in [0.15, 0.2) is 72.8 Å². The number of esters is 1. The van der Waals surface area contributed by atoms with Gasteiger partial charge in [-0.25, -0.2) is 9.59 Å². The van der Waals surface area contributed by atoms with Crippen LogP contribution in [0.1, 0.15) is 37.8 Å². The number of carboxylic acids is 1. The maximum Gasteiger partial charge on any atom is 0.328 e. The second-order valence-corrected chi connectivity index (χ2v) is 9.76. The number of hydrogen-bond acceptors (Lipinski definition) is 6. The molecule has 0 saturated carbocycles. The molecule has 3 N–H and O–H groups in total. The Morgan fingerprint density at radius 3 is 2.33 bits per heavy atom. The lowest BCUT2D eigenvalue weighted by atomic mass is 9.96. The molecule has 0 spiro atoms. The predicted molar refractivity (Wildman–Crippen MR) is 144 cm³/mol. The third-order valence-corrected chi connectivity index (χ3v) is 6.72. The van der Waals surface area contributed by atoms with Crippen molar-refractivity contribution in [1.82, 2.24) is 0 Å². The van der Waals surface area contributed by atoms with Crippen molar-refractivity contribution in [3.8, 4) is 27.7 Å². The van der Waals surface area contributed by atoms with Crippen molar-refractivity contribution in [3.63, 3.8) is 0 Å². The van der Waals surface area contributed by atoms with E-state index < -0.39 is 18.0 Å². The van der Waals surface area contributed by atoms with Crippen LogP contribution in [0.5, 0.6) is 17.2 Å². The van der Waals surface area contributed by atoms with Crippen molar-refractivity contribution < 1.29 is 24.2 Å². The number of nitrogens with two attached hydrogens (primary N) is 1. The molecule has 36 heavy (non-hydrogen) atoms. The van der Waals surface area contributed by atoms with Crippen LogP contribution in [0.4, 0.5) is 0 Å². The monoisotopic (exact) mass is 501 g/mol. The van der Waals surface area contributed by atoms with E-state index in [1.54, 1.807) is 36.5 Å². The Balaban J connectivity index is 1.79. The summed E-state index contributed by atoms with van der Waals surface area (Å²) in [7, 11) is 0. The summed E-state index contributed by atoms with van der Waals surface area (Å²) in [6, 6.07) is 20.2. The first kappa shape index (κ1) is 25.2. The molecule has 1 aromatic heterocycles. The Morgan fingerprint density at radius 1 is 0.972 bits per heavy atom. The SMILES string of the molecule is CC(N)C(=O)Oc1ccc2c(Oc3ccc(/C=C/C(=O)O)cc3)c(-c3ccccc3C(C)C)sc2c1. The molecule has 0 bridgehead atoms. The van der Waals surface area contributed by atoms with Gasteiger partial charge >= 0.3 is 11.9 Å². The van der Waals surface area contributed by atoms with Gasteiger partial charge in [-0.05, 0) is 65.9 Å². The quantitative estimate of drug-likeness (QED) is 0.156. The summed E-state index contributed by atoms with van der Waals surface area (Å²) in [6.07, 6.45) is 2.63. The molecule has 3 aromatic carbocycles. The van der Waals surface area contributed by atoms with Gasteiger partial charge in [0, 0.05) is 16.2 Å². The van der Waals surface area contributed by atoms with Crippen LogP contribution >= 0.6 is 11.3 Å². The Morgan fingerprint density at radius 2 is 1.67 bits per heavy atom. The highest BCUT2D eigenvalue weighted by molar-refractivity contribution is 7.22. The number of hydrogen-bond donors (Lipinski definition) is 2. The normalized spacial score (nSPS) is 12.2. The van der Waals surface area contributed by atoms with E-state index in [2.05, 4.69) is 26.0 Å². The van der Waals surface area contributed by atoms with Crippen molar-refractivity contribution in [3.05, 3.63) is 83.9 Å². The van der Waals surface area contributed by atoms with Gasteiger partial charge in [0.05, 0.1) is 4.88 Å². The first-order valence-electron chi connectivity index (χ1n) is 11.5. The lowest BCUT2D eigenvalue weighted by Crippen LogP contribution is -2.30. The molecule has 0 fully saturated rings. The zero-order valence-corrected chi connectivity index (χ0v) is 21.0. The molecule has 1 atom stereocenters. The van der Waals surface area contributed by atoms with Crippen LogP contribution in [0.3, 0.4) is 0 Å². The van der Waals surface area contributed by atoms with Crippen molar-refractivity contribution in [2.24, 2.45) is 5.73 Å². The highest BCUT2D eigenvalue weighted by Crippen LogP contribution is 2.48. The van der Waals surface area contributed by atoms with Crippen LogP contribution in [-0.2, 0) is 9.59 Å². The molecule has 4 aromatic rings. The molecule has 4 rings (SSSR count). The average Bonchev–Trinajstić information content (AvgIpc) is 3.20. The summed E-state index contributed by atoms with van der Waals surface area (Å²) in [5.74, 6) is 0.571. The highest BCUT2D eigenvalue weighted by atomic mass is 32.1. The smallest absolute Gasteiger partial charge is 0.328 e. The van der Waals surface area contributed by atoms with E-state index in [1.165, 1.54) is 11.6 Å². The van der Waals surface area contributed by atoms with E-state index in [1.807, 2.05) is 36.4 Å². The van der Waals surface area contributed by atoms with Crippen LogP contribution < -0.4 is 15.2 Å². The Kier molecular flexibility index (Phi) is 7.52. The van der Waals surface area contributed by atoms with E-state index in [-0.39, 0.29) is 0 Å². The number of ether oxygens (including phenoxy) is 2. The standard InChI is InChI=1S/C29H27NO5S/c1-17(2)22-6-4-5-7-23(22)28-27(34-20-11-8-19(9-12-20)10-15-26(31)32)24-14-13-21(16-25(24)36-28)35-29(33)18(3)30/h4-18H,30H2,1-3H3,(H,31,32)/b15-10+. The molecule has 184 valence electrons. The lowest BCUT2D eigenvalue weighted by molar-refractivity contribution is -0.135. The first-order valence-corrected chi connectivity index (χ1v) is 12.4. The minimum atomic E-state index is -1.00. The summed E-state index contributed by atoms with van der Waals surface area (Å²) < 4.78 is 12.8. The molecule has 0 amide bonds. The minimum absolute atomic E-state index is 0.308. The molecule has 0 radical (unpaired) electrons. The van der Waals surface area contributed by atoms with E-state index in [0.29, 0.717) is 23.2 Å². The average molecular weight is 502 g/mol. The molecule has 1 unspecified atom stereocenters. The number of aliphatic carboxylic acids is 1. The fourth-order valence-corrected chi connectivity index (χ4v) is 4.95. The van der Waals surface area contributed by atoms with Gasteiger partial charge in [-0.3, -0.25) is 0 Å². The summed E-state index contributed by atoms with van der Waals surface area (Å²) >= 11 is 1.57. The van der Waals surface area contributed by atoms with Gasteiger partial charge in [-0.1, -0.05) is 50.2 Å². The van der Waals surface area contributed by atoms with Gasteiger partial charge in [0.25, 0.3) is 0 Å². The van der Waals surface area contributed by atoms with E-state index >= 15 is 0 Å². The largest absolute Gasteiger partial charge is 0.478 e. The molecule has 0 saturated heterocycles. The molecular weight excluding hydrogens is 474 g/mol. The van der Waals surface area contributed by atoms with Gasteiger partial charge in [-0.2, -0.15) is 0 Å². The van der Waals surface area contributed by atoms with E-state index in [9.17, 15) is 9.59 Å². The summed E-state index contributed by atoms with van der Waals surface area (Å²) in [5, 5.41) is 9.74. The van der Waals surface area contributed by atoms with Gasteiger partial charge in [0.15, 0.2) is 5.75 Å². The molecule has 0 aliphatic carbocycles. The topological polar surface area (TPSA) is 98.9 Å². The summed E-state index contributed by atoms with van der Waals surface area (Å²) in [5.41, 5.74) is 8.69. The predicted octanol–water partition coefficient (Wildman–Crippen LogP) is 6.83. The maximum atomic E-state index is 12.0. The van der Waals surface area contributed by atoms with Gasteiger partial charge in [0.1, 0.15) is 17.5 Å². The highest BCUT2D eigenvalue weighted by Gasteiger charge is 2.21. The van der Waals surface area contributed by atoms with Crippen molar-refractivity contribution in [2.75, 3.05) is 0 Å². The van der Waals surface area contributed by atoms with Crippen molar-refractivity contribution in [2.45, 2.75) is 32.7 Å². The second kappa shape index (κ2) is 10.8. The number of carbonyl (C=O) groups excluding carboxylic acids is 1. The Labute approximate surface area is 213 Å². The fourth-order valence-electron chi connectivity index (χ4n) is 3.74.